The van der Waals surface area contributed by atoms with Crippen molar-refractivity contribution in [1.29, 1.82) is 0 Å². The third kappa shape index (κ3) is 4.01. The van der Waals surface area contributed by atoms with E-state index in [1.807, 2.05) is 6.92 Å². The predicted octanol–water partition coefficient (Wildman–Crippen LogP) is 0.782. The van der Waals surface area contributed by atoms with Crippen molar-refractivity contribution >= 4 is 5.91 Å². The topological polar surface area (TPSA) is 70.0 Å². The molecular weight excluding hydrogens is 234 g/mol. The van der Waals surface area contributed by atoms with Gasteiger partial charge in [0, 0.05) is 13.6 Å². The molecule has 0 saturated carbocycles. The lowest BCUT2D eigenvalue weighted by Crippen LogP contribution is -2.30. The van der Waals surface area contributed by atoms with Gasteiger partial charge in [-0.25, -0.2) is 0 Å². The minimum absolute atomic E-state index is 0.0110. The van der Waals surface area contributed by atoms with Gasteiger partial charge in [-0.1, -0.05) is 6.07 Å². The molecule has 0 spiro atoms. The van der Waals surface area contributed by atoms with Gasteiger partial charge in [0.05, 0.1) is 25.4 Å². The van der Waals surface area contributed by atoms with Gasteiger partial charge in [-0.2, -0.15) is 0 Å². The van der Waals surface area contributed by atoms with Crippen molar-refractivity contribution in [2.24, 2.45) is 0 Å². The molecule has 0 bridgehead atoms. The molecule has 100 valence electrons. The van der Waals surface area contributed by atoms with Gasteiger partial charge < -0.3 is 19.8 Å². The third-order valence-corrected chi connectivity index (χ3v) is 2.54. The van der Waals surface area contributed by atoms with Gasteiger partial charge in [0.25, 0.3) is 5.91 Å². The zero-order chi connectivity index (χ0) is 13.5. The number of carbonyl (C=O) groups excluding carboxylic acids is 1. The molecule has 2 N–H and O–H groups in total. The van der Waals surface area contributed by atoms with E-state index in [2.05, 4.69) is 0 Å². The van der Waals surface area contributed by atoms with Crippen LogP contribution in [-0.2, 0) is 4.74 Å². The summed E-state index contributed by atoms with van der Waals surface area (Å²) in [6.45, 7) is 2.84. The van der Waals surface area contributed by atoms with Gasteiger partial charge >= 0.3 is 0 Å². The van der Waals surface area contributed by atoms with Crippen LogP contribution in [0.5, 0.6) is 5.75 Å². The Morgan fingerprint density at radius 3 is 2.72 bits per heavy atom. The minimum atomic E-state index is -0.250. The first-order valence-electron chi connectivity index (χ1n) is 5.80. The molecule has 0 radical (unpaired) electrons. The van der Waals surface area contributed by atoms with Gasteiger partial charge in [-0.05, 0) is 24.6 Å². The van der Waals surface area contributed by atoms with Crippen molar-refractivity contribution in [1.82, 2.24) is 4.90 Å². The van der Waals surface area contributed by atoms with Crippen molar-refractivity contribution in [2.75, 3.05) is 33.4 Å². The Labute approximate surface area is 107 Å². The lowest BCUT2D eigenvalue weighted by atomic mass is 10.1. The van der Waals surface area contributed by atoms with Crippen LogP contribution in [0.4, 0.5) is 0 Å². The summed E-state index contributed by atoms with van der Waals surface area (Å²) in [7, 11) is 1.64. The van der Waals surface area contributed by atoms with Crippen molar-refractivity contribution in [3.8, 4) is 5.75 Å². The van der Waals surface area contributed by atoms with Crippen LogP contribution < -0.4 is 0 Å². The molecule has 0 saturated heterocycles. The quantitative estimate of drug-likeness (QED) is 0.735. The van der Waals surface area contributed by atoms with Gasteiger partial charge in [0.2, 0.25) is 0 Å². The minimum Gasteiger partial charge on any atom is -0.507 e. The van der Waals surface area contributed by atoms with E-state index >= 15 is 0 Å². The summed E-state index contributed by atoms with van der Waals surface area (Å²) >= 11 is 0. The van der Waals surface area contributed by atoms with E-state index < -0.39 is 0 Å². The number of carbonyl (C=O) groups is 1. The summed E-state index contributed by atoms with van der Waals surface area (Å²) in [5.74, 6) is -0.261. The highest BCUT2D eigenvalue weighted by molar-refractivity contribution is 5.96. The first-order chi connectivity index (χ1) is 8.56. The first kappa shape index (κ1) is 14.5. The van der Waals surface area contributed by atoms with Gasteiger partial charge in [-0.3, -0.25) is 4.79 Å². The maximum Gasteiger partial charge on any atom is 0.257 e. The Balaban J connectivity index is 2.57. The second-order valence-corrected chi connectivity index (χ2v) is 4.08. The van der Waals surface area contributed by atoms with Gasteiger partial charge in [0.15, 0.2) is 0 Å². The summed E-state index contributed by atoms with van der Waals surface area (Å²) in [4.78, 5) is 13.5. The Hall–Kier alpha value is -1.59. The van der Waals surface area contributed by atoms with Crippen LogP contribution in [0.3, 0.4) is 0 Å². The van der Waals surface area contributed by atoms with Crippen LogP contribution in [0.2, 0.25) is 0 Å². The number of rotatable bonds is 6. The largest absolute Gasteiger partial charge is 0.507 e. The van der Waals surface area contributed by atoms with Gasteiger partial charge in [-0.15, -0.1) is 0 Å². The van der Waals surface area contributed by atoms with Gasteiger partial charge in [0.1, 0.15) is 5.75 Å². The van der Waals surface area contributed by atoms with Crippen LogP contribution in [0.25, 0.3) is 0 Å². The number of likely N-dealkylation sites (N-methyl/N-ethyl adjacent to an activating group) is 1. The smallest absolute Gasteiger partial charge is 0.257 e. The number of aliphatic hydroxyl groups is 1. The molecule has 0 atom stereocenters. The first-order valence-corrected chi connectivity index (χ1v) is 5.80. The van der Waals surface area contributed by atoms with E-state index in [4.69, 9.17) is 9.84 Å². The number of ether oxygens (including phenoxy) is 1. The third-order valence-electron chi connectivity index (χ3n) is 2.54. The van der Waals surface area contributed by atoms with Crippen LogP contribution in [-0.4, -0.2) is 54.4 Å². The van der Waals surface area contributed by atoms with Crippen LogP contribution in [0.15, 0.2) is 18.2 Å². The van der Waals surface area contributed by atoms with E-state index in [9.17, 15) is 9.90 Å². The molecule has 5 heteroatoms. The van der Waals surface area contributed by atoms with E-state index in [1.165, 1.54) is 4.90 Å². The average molecular weight is 253 g/mol. The number of nitrogens with zero attached hydrogens (tertiary/aromatic N) is 1. The number of hydrogen-bond acceptors (Lipinski definition) is 4. The second kappa shape index (κ2) is 6.98. The fourth-order valence-corrected chi connectivity index (χ4v) is 1.50. The molecule has 0 aliphatic carbocycles. The highest BCUT2D eigenvalue weighted by Gasteiger charge is 2.15. The number of aromatic hydroxyl groups is 1. The SMILES string of the molecule is Cc1ccc(C(=O)N(C)CCOCCO)c(O)c1. The van der Waals surface area contributed by atoms with Crippen molar-refractivity contribution < 1.29 is 19.7 Å². The van der Waals surface area contributed by atoms with Crippen LogP contribution in [0, 0.1) is 6.92 Å². The van der Waals surface area contributed by atoms with Crippen LogP contribution >= 0.6 is 0 Å². The molecule has 0 heterocycles. The zero-order valence-electron chi connectivity index (χ0n) is 10.7. The molecule has 1 aromatic carbocycles. The Kier molecular flexibility index (Phi) is 5.61. The van der Waals surface area contributed by atoms with Crippen molar-refractivity contribution in [2.45, 2.75) is 6.92 Å². The summed E-state index contributed by atoms with van der Waals surface area (Å²) in [6, 6.07) is 4.95. The number of phenolic OH excluding ortho intramolecular Hbond substituents is 1. The number of aryl methyl sites for hydroxylation is 1. The number of amides is 1. The maximum atomic E-state index is 12.0. The Bertz CT molecular complexity index is 406. The lowest BCUT2D eigenvalue weighted by Gasteiger charge is -2.17. The standard InChI is InChI=1S/C13H19NO4/c1-10-3-4-11(12(16)9-10)13(17)14(2)5-7-18-8-6-15/h3-4,9,15-16H,5-8H2,1-2H3. The number of aliphatic hydroxyl groups excluding tert-OH is 1. The predicted molar refractivity (Wildman–Crippen MR) is 67.7 cm³/mol. The second-order valence-electron chi connectivity index (χ2n) is 4.08. The van der Waals surface area contributed by atoms with Crippen LogP contribution in [0.1, 0.15) is 15.9 Å². The molecule has 1 amide bonds. The van der Waals surface area contributed by atoms with E-state index in [-0.39, 0.29) is 30.4 Å². The molecule has 5 nitrogen and oxygen atoms in total. The zero-order valence-corrected chi connectivity index (χ0v) is 10.7. The van der Waals surface area contributed by atoms with Crippen molar-refractivity contribution in [3.63, 3.8) is 0 Å². The Morgan fingerprint density at radius 1 is 1.39 bits per heavy atom. The summed E-state index contributed by atoms with van der Waals surface area (Å²) < 4.78 is 5.08. The molecule has 0 aliphatic heterocycles. The molecule has 1 aromatic rings. The fourth-order valence-electron chi connectivity index (χ4n) is 1.50. The molecule has 0 aromatic heterocycles. The van der Waals surface area contributed by atoms with Crippen molar-refractivity contribution in [3.05, 3.63) is 29.3 Å². The highest BCUT2D eigenvalue weighted by atomic mass is 16.5. The number of benzene rings is 1. The molecule has 0 unspecified atom stereocenters. The molecule has 18 heavy (non-hydrogen) atoms. The lowest BCUT2D eigenvalue weighted by molar-refractivity contribution is 0.0616. The normalized spacial score (nSPS) is 10.4. The summed E-state index contributed by atoms with van der Waals surface area (Å²) in [5, 5.41) is 18.3. The summed E-state index contributed by atoms with van der Waals surface area (Å²) in [6.07, 6.45) is 0. The highest BCUT2D eigenvalue weighted by Crippen LogP contribution is 2.19. The average Bonchev–Trinajstić information content (AvgIpc) is 2.33. The fraction of sp³-hybridized carbons (Fsp3) is 0.462. The van der Waals surface area contributed by atoms with E-state index in [1.54, 1.807) is 25.2 Å². The molecular formula is C13H19NO4. The van der Waals surface area contributed by atoms with E-state index in [0.717, 1.165) is 5.56 Å². The van der Waals surface area contributed by atoms with E-state index in [0.29, 0.717) is 13.2 Å². The number of hydrogen-bond donors (Lipinski definition) is 2. The Morgan fingerprint density at radius 2 is 2.11 bits per heavy atom. The summed E-state index contributed by atoms with van der Waals surface area (Å²) in [5.41, 5.74) is 1.18. The molecule has 0 aliphatic rings. The molecule has 0 fully saturated rings. The maximum absolute atomic E-state index is 12.0. The molecule has 1 rings (SSSR count). The number of phenols is 1. The monoisotopic (exact) mass is 253 g/mol.